The van der Waals surface area contributed by atoms with Crippen molar-refractivity contribution in [2.24, 2.45) is 0 Å². The van der Waals surface area contributed by atoms with Gasteiger partial charge in [0, 0.05) is 45.4 Å². The first-order chi connectivity index (χ1) is 0. The van der Waals surface area contributed by atoms with Crippen molar-refractivity contribution >= 4 is 51.4 Å². The van der Waals surface area contributed by atoms with Crippen LogP contribution in [0.2, 0.25) is 0 Å². The molecule has 0 fully saturated rings. The standard InChI is InChI=1S/Al.Mg.Mn.Si.2H/q;+2;;;2*-1. The third kappa shape index (κ3) is 8.97. The van der Waals surface area contributed by atoms with E-state index in [0.717, 1.165) is 0 Å². The Balaban J connectivity index is 0. The Morgan fingerprint density at radius 3 is 1.25 bits per heavy atom. The van der Waals surface area contributed by atoms with E-state index in [4.69, 9.17) is 0 Å². The molecule has 18 valence electrons. The average Bonchev–Trinajstić information content (AvgIpc) is 0. The van der Waals surface area contributed by atoms with Gasteiger partial charge in [-0.25, -0.2) is 0 Å². The second-order valence-electron chi connectivity index (χ2n) is 0. The third-order valence-corrected chi connectivity index (χ3v) is 0. The van der Waals surface area contributed by atoms with Crippen LogP contribution in [0.15, 0.2) is 0 Å². The van der Waals surface area contributed by atoms with Crippen LogP contribution >= 0.6 is 0 Å². The summed E-state index contributed by atoms with van der Waals surface area (Å²) in [4.78, 5) is 0. The Morgan fingerprint density at radius 1 is 1.25 bits per heavy atom. The van der Waals surface area contributed by atoms with Crippen molar-refractivity contribution in [3.05, 3.63) is 0 Å². The first kappa shape index (κ1) is 36.9. The molecule has 0 spiro atoms. The van der Waals surface area contributed by atoms with Crippen LogP contribution in [0.3, 0.4) is 0 Å². The largest absolute Gasteiger partial charge is 2.00 e. The molecule has 0 unspecified atom stereocenters. The molecule has 0 N–H and O–H groups in total. The summed E-state index contributed by atoms with van der Waals surface area (Å²) in [5.74, 6) is 0. The molecule has 0 aliphatic heterocycles. The van der Waals surface area contributed by atoms with Crippen LogP contribution in [0.4, 0.5) is 0 Å². The quantitative estimate of drug-likeness (QED) is 0.378. The maximum atomic E-state index is 0. The molecule has 0 atom stereocenters. The summed E-state index contributed by atoms with van der Waals surface area (Å²) in [6, 6.07) is 0. The number of hydrogen-bond donors (Lipinski definition) is 0. The summed E-state index contributed by atoms with van der Waals surface area (Å²) < 4.78 is 0. The monoisotopic (exact) mass is 136 g/mol. The van der Waals surface area contributed by atoms with Crippen molar-refractivity contribution < 1.29 is 19.9 Å². The topological polar surface area (TPSA) is 0 Å². The average molecular weight is 136 g/mol. The van der Waals surface area contributed by atoms with Crippen LogP contribution in [0.25, 0.3) is 0 Å². The second-order valence-corrected chi connectivity index (χ2v) is 0. The van der Waals surface area contributed by atoms with Crippen molar-refractivity contribution in [3.8, 4) is 0 Å². The number of rotatable bonds is 0. The molecule has 0 aliphatic rings. The summed E-state index contributed by atoms with van der Waals surface area (Å²) >= 11 is 0. The van der Waals surface area contributed by atoms with Gasteiger partial charge in [-0.2, -0.15) is 0 Å². The summed E-state index contributed by atoms with van der Waals surface area (Å²) in [6.07, 6.45) is 0. The Bertz CT molecular complexity index is 13.5. The van der Waals surface area contributed by atoms with Crippen molar-refractivity contribution in [2.45, 2.75) is 0 Å². The first-order valence-corrected chi connectivity index (χ1v) is 0. The van der Waals surface area contributed by atoms with Gasteiger partial charge in [-0.3, -0.25) is 0 Å². The van der Waals surface area contributed by atoms with Crippen molar-refractivity contribution in [1.29, 1.82) is 0 Å². The summed E-state index contributed by atoms with van der Waals surface area (Å²) in [7, 11) is 0. The summed E-state index contributed by atoms with van der Waals surface area (Å²) in [5.41, 5.74) is 0. The van der Waals surface area contributed by atoms with E-state index in [1.165, 1.54) is 0 Å². The predicted octanol–water partition coefficient (Wildman–Crippen LogP) is -0.920. The van der Waals surface area contributed by atoms with Gasteiger partial charge in [0.1, 0.15) is 0 Å². The Labute approximate surface area is 70.9 Å². The zero-order valence-corrected chi connectivity index (χ0v) is 6.91. The molecule has 0 aromatic carbocycles. The van der Waals surface area contributed by atoms with Gasteiger partial charge in [0.2, 0.25) is 0 Å². The fraction of sp³-hybridized carbons (Fsp3) is 0. The summed E-state index contributed by atoms with van der Waals surface area (Å²) in [6.45, 7) is 0. The van der Waals surface area contributed by atoms with Gasteiger partial charge in [-0.15, -0.1) is 0 Å². The van der Waals surface area contributed by atoms with E-state index in [-0.39, 0.29) is 71.3 Å². The van der Waals surface area contributed by atoms with Gasteiger partial charge < -0.3 is 2.85 Å². The molecule has 0 saturated carbocycles. The molecule has 0 amide bonds. The predicted molar refractivity (Wildman–Crippen MR) is 19.5 cm³/mol. The van der Waals surface area contributed by atoms with Gasteiger partial charge in [-0.1, -0.05) is 0 Å². The van der Waals surface area contributed by atoms with Crippen LogP contribution in [-0.4, -0.2) is 51.4 Å². The van der Waals surface area contributed by atoms with Gasteiger partial charge in [0.15, 0.2) is 0 Å². The van der Waals surface area contributed by atoms with Gasteiger partial charge in [0.25, 0.3) is 0 Å². The van der Waals surface area contributed by atoms with Crippen LogP contribution in [-0.2, 0) is 17.1 Å². The number of hydrogen-bond acceptors (Lipinski definition) is 0. The maximum Gasteiger partial charge on any atom is 2.00 e. The Hall–Kier alpha value is 2.04. The Morgan fingerprint density at radius 2 is 1.25 bits per heavy atom. The molecule has 0 nitrogen and oxygen atoms in total. The minimum Gasteiger partial charge on any atom is -1.00 e. The van der Waals surface area contributed by atoms with Crippen molar-refractivity contribution in [1.82, 2.24) is 0 Å². The van der Waals surface area contributed by atoms with E-state index >= 15 is 0 Å². The zero-order chi connectivity index (χ0) is 0. The molecule has 0 heterocycles. The third-order valence-electron chi connectivity index (χ3n) is 0. The normalized spacial score (nSPS) is 0. The van der Waals surface area contributed by atoms with Gasteiger partial charge in [0.05, 0.1) is 0 Å². The first-order valence-electron chi connectivity index (χ1n) is 0. The Kier molecular flexibility index (Phi) is 183. The van der Waals surface area contributed by atoms with Gasteiger partial charge in [-0.05, 0) is 0 Å². The smallest absolute Gasteiger partial charge is 1.00 e. The SMILES string of the molecule is [Al].[H-].[H-].[Mg+2].[Mn].[Si]. The molecule has 0 aliphatic carbocycles. The molecular weight excluding hydrogens is 134 g/mol. The molecule has 0 aromatic rings. The molecule has 0 aromatic heterocycles. The van der Waals surface area contributed by atoms with Gasteiger partial charge >= 0.3 is 23.1 Å². The zero-order valence-electron chi connectivity index (χ0n) is 4.16. The fourth-order valence-electron chi connectivity index (χ4n) is 0. The minimum absolute atomic E-state index is 0. The minimum atomic E-state index is 0. The molecule has 4 heteroatoms. The fourth-order valence-corrected chi connectivity index (χ4v) is 0. The van der Waals surface area contributed by atoms with E-state index in [1.807, 2.05) is 0 Å². The maximum absolute atomic E-state index is 0. The van der Waals surface area contributed by atoms with Crippen molar-refractivity contribution in [3.63, 3.8) is 0 Å². The molecule has 4 heavy (non-hydrogen) atoms. The van der Waals surface area contributed by atoms with E-state index in [2.05, 4.69) is 0 Å². The second kappa shape index (κ2) is 19.8. The molecule has 0 bridgehead atoms. The molecule has 0 rings (SSSR count). The van der Waals surface area contributed by atoms with E-state index < -0.39 is 0 Å². The van der Waals surface area contributed by atoms with E-state index in [0.29, 0.717) is 0 Å². The van der Waals surface area contributed by atoms with Crippen molar-refractivity contribution in [2.75, 3.05) is 0 Å². The van der Waals surface area contributed by atoms with Crippen LogP contribution in [0, 0.1) is 0 Å². The van der Waals surface area contributed by atoms with Crippen LogP contribution in [0.5, 0.6) is 0 Å². The van der Waals surface area contributed by atoms with Crippen LogP contribution < -0.4 is 0 Å². The molecule has 0 saturated heterocycles. The molecule has 8 radical (unpaired) electrons. The summed E-state index contributed by atoms with van der Waals surface area (Å²) in [5, 5.41) is 0. The van der Waals surface area contributed by atoms with E-state index in [9.17, 15) is 0 Å². The van der Waals surface area contributed by atoms with Crippen LogP contribution in [0.1, 0.15) is 2.85 Å². The van der Waals surface area contributed by atoms with E-state index in [1.54, 1.807) is 0 Å². The molecular formula is H2AlMgMnSi.